The number of carbonyl (C=O) groups is 2. The van der Waals surface area contributed by atoms with Gasteiger partial charge in [0.15, 0.2) is 0 Å². The van der Waals surface area contributed by atoms with Gasteiger partial charge in [-0.25, -0.2) is 9.59 Å². The molecule has 0 aliphatic carbocycles. The minimum absolute atomic E-state index is 0.134. The van der Waals surface area contributed by atoms with Gasteiger partial charge in [-0.2, -0.15) is 23.4 Å². The first-order valence-electron chi connectivity index (χ1n) is 10.1. The first-order valence-corrected chi connectivity index (χ1v) is 10.1. The number of hydrogen-bond donors (Lipinski definition) is 1. The van der Waals surface area contributed by atoms with E-state index in [2.05, 4.69) is 16.8 Å². The molecule has 0 saturated carbocycles. The Morgan fingerprint density at radius 1 is 1.17 bits per heavy atom. The molecular weight excluding hydrogens is 473 g/mol. The monoisotopic (exact) mass is 494 g/mol. The molecule has 0 saturated heterocycles. The summed E-state index contributed by atoms with van der Waals surface area (Å²) >= 11 is 0. The maximum Gasteiger partial charge on any atom is 0.423 e. The Hall–Kier alpha value is -4.29. The van der Waals surface area contributed by atoms with E-state index in [0.29, 0.717) is 25.2 Å². The van der Waals surface area contributed by atoms with Crippen molar-refractivity contribution in [2.75, 3.05) is 24.6 Å². The highest BCUT2D eigenvalue weighted by Gasteiger charge is 2.41. The van der Waals surface area contributed by atoms with E-state index >= 15 is 0 Å². The Morgan fingerprint density at radius 2 is 1.77 bits per heavy atom. The number of nitro benzene ring substituents is 1. The number of alkyl halides is 3. The van der Waals surface area contributed by atoms with Gasteiger partial charge in [0, 0.05) is 17.8 Å². The Balaban J connectivity index is 2.26. The van der Waals surface area contributed by atoms with Crippen LogP contribution in [0.2, 0.25) is 0 Å². The van der Waals surface area contributed by atoms with Crippen molar-refractivity contribution in [3.8, 4) is 0 Å². The van der Waals surface area contributed by atoms with Crippen LogP contribution < -0.4 is 4.90 Å². The summed E-state index contributed by atoms with van der Waals surface area (Å²) in [5.74, 6) is -2.40. The van der Waals surface area contributed by atoms with E-state index in [4.69, 9.17) is 9.84 Å². The zero-order chi connectivity index (χ0) is 26.3. The fourth-order valence-corrected chi connectivity index (χ4v) is 2.94. The molecule has 0 aliphatic rings. The third kappa shape index (κ3) is 7.09. The highest BCUT2D eigenvalue weighted by molar-refractivity contribution is 5.94. The summed E-state index contributed by atoms with van der Waals surface area (Å²) in [6.45, 7) is 8.05. The summed E-state index contributed by atoms with van der Waals surface area (Å²) in [5.41, 5.74) is -3.70. The van der Waals surface area contributed by atoms with Crippen LogP contribution in [0.3, 0.4) is 0 Å². The van der Waals surface area contributed by atoms with Crippen LogP contribution in [-0.4, -0.2) is 41.7 Å². The van der Waals surface area contributed by atoms with Gasteiger partial charge in [0.25, 0.3) is 5.69 Å². The second-order valence-corrected chi connectivity index (χ2v) is 7.16. The van der Waals surface area contributed by atoms with Gasteiger partial charge in [-0.15, -0.1) is 0 Å². The number of ether oxygens (including phenoxy) is 1. The lowest BCUT2D eigenvalue weighted by molar-refractivity contribution is -0.388. The van der Waals surface area contributed by atoms with Gasteiger partial charge >= 0.3 is 18.1 Å². The van der Waals surface area contributed by atoms with Crippen molar-refractivity contribution in [3.63, 3.8) is 0 Å². The van der Waals surface area contributed by atoms with Gasteiger partial charge in [-0.05, 0) is 50.2 Å². The largest absolute Gasteiger partial charge is 0.477 e. The lowest BCUT2D eigenvalue weighted by Crippen LogP contribution is -2.28. The van der Waals surface area contributed by atoms with Crippen molar-refractivity contribution >= 4 is 34.7 Å². The number of nitrogens with zero attached hydrogens (tertiary/aromatic N) is 4. The quantitative estimate of drug-likeness (QED) is 0.148. The molecule has 0 spiro atoms. The zero-order valence-electron chi connectivity index (χ0n) is 18.7. The van der Waals surface area contributed by atoms with Gasteiger partial charge in [0.1, 0.15) is 17.7 Å². The first kappa shape index (κ1) is 27.0. The number of carboxylic acids is 1. The van der Waals surface area contributed by atoms with Crippen molar-refractivity contribution in [3.05, 3.63) is 69.8 Å². The van der Waals surface area contributed by atoms with Gasteiger partial charge < -0.3 is 14.7 Å². The number of likely N-dealkylation sites (N-methyl/N-ethyl adjacent to an activating group) is 1. The third-order valence-corrected chi connectivity index (χ3v) is 4.63. The average molecular weight is 494 g/mol. The minimum atomic E-state index is -5.18. The average Bonchev–Trinajstić information content (AvgIpc) is 2.79. The number of anilines is 1. The van der Waals surface area contributed by atoms with Crippen LogP contribution in [0.15, 0.2) is 58.8 Å². The number of rotatable bonds is 10. The highest BCUT2D eigenvalue weighted by atomic mass is 19.4. The van der Waals surface area contributed by atoms with Crippen LogP contribution in [-0.2, 0) is 15.7 Å². The Labute approximate surface area is 197 Å². The molecule has 13 heteroatoms. The van der Waals surface area contributed by atoms with E-state index in [0.717, 1.165) is 5.69 Å². The van der Waals surface area contributed by atoms with E-state index in [9.17, 15) is 32.9 Å². The molecule has 35 heavy (non-hydrogen) atoms. The smallest absolute Gasteiger partial charge is 0.423 e. The summed E-state index contributed by atoms with van der Waals surface area (Å²) in [7, 11) is 0. The molecule has 0 bridgehead atoms. The summed E-state index contributed by atoms with van der Waals surface area (Å²) in [5, 5.41) is 27.7. The fourth-order valence-electron chi connectivity index (χ4n) is 2.94. The first-order chi connectivity index (χ1) is 16.3. The summed E-state index contributed by atoms with van der Waals surface area (Å²) in [4.78, 5) is 34.4. The predicted octanol–water partition coefficient (Wildman–Crippen LogP) is 5.67. The molecule has 0 aromatic heterocycles. The van der Waals surface area contributed by atoms with Crippen LogP contribution in [0.25, 0.3) is 0 Å². The van der Waals surface area contributed by atoms with E-state index in [1.807, 2.05) is 11.8 Å². The number of azo groups is 1. The van der Waals surface area contributed by atoms with Crippen LogP contribution in [0.5, 0.6) is 0 Å². The summed E-state index contributed by atoms with van der Waals surface area (Å²) < 4.78 is 45.0. The topological polar surface area (TPSA) is 135 Å². The number of halogens is 3. The number of carbonyl (C=O) groups excluding carboxylic acids is 1. The van der Waals surface area contributed by atoms with Crippen LogP contribution in [0, 0.1) is 10.1 Å². The second-order valence-electron chi connectivity index (χ2n) is 7.16. The lowest BCUT2D eigenvalue weighted by atomic mass is 10.1. The van der Waals surface area contributed by atoms with E-state index in [1.54, 1.807) is 12.1 Å². The molecule has 0 aliphatic heterocycles. The number of nitro groups is 1. The van der Waals surface area contributed by atoms with Crippen molar-refractivity contribution in [2.24, 2.45) is 10.2 Å². The molecular formula is C22H21F3N4O6. The highest BCUT2D eigenvalue weighted by Crippen LogP contribution is 2.41. The van der Waals surface area contributed by atoms with Crippen molar-refractivity contribution in [2.45, 2.75) is 20.0 Å². The molecule has 1 N–H and O–H groups in total. The van der Waals surface area contributed by atoms with Crippen molar-refractivity contribution < 1.29 is 37.5 Å². The molecule has 0 unspecified atom stereocenters. The molecule has 0 fully saturated rings. The van der Waals surface area contributed by atoms with Crippen LogP contribution in [0.1, 0.15) is 29.8 Å². The Morgan fingerprint density at radius 3 is 2.26 bits per heavy atom. The van der Waals surface area contributed by atoms with E-state index < -0.39 is 45.5 Å². The van der Waals surface area contributed by atoms with Gasteiger partial charge in [-0.3, -0.25) is 10.1 Å². The number of carboxylic acid groups (broad SMARTS) is 1. The number of hydrogen-bond acceptors (Lipinski definition) is 8. The maximum atomic E-state index is 13.3. The maximum absolute atomic E-state index is 13.3. The minimum Gasteiger partial charge on any atom is -0.477 e. The number of esters is 1. The number of benzene rings is 2. The Bertz CT molecular complexity index is 1160. The van der Waals surface area contributed by atoms with Crippen LogP contribution in [0.4, 0.5) is 35.9 Å². The second kappa shape index (κ2) is 11.2. The standard InChI is InChI=1S/C22H21F3N4O6/c1-4-28(9-10-35-21(32)13(2)3)16-7-5-14(6-8-16)26-27-15-11-17(20(30)31)19(29(33)34)18(12-15)22(23,24)25/h5-8,11-12H,2,4,9-10H2,1,3H3,(H,30,31). The zero-order valence-corrected chi connectivity index (χ0v) is 18.7. The van der Waals surface area contributed by atoms with E-state index in [1.165, 1.54) is 19.1 Å². The molecule has 2 aromatic carbocycles. The lowest BCUT2D eigenvalue weighted by Gasteiger charge is -2.22. The molecule has 0 radical (unpaired) electrons. The molecule has 0 amide bonds. The van der Waals surface area contributed by atoms with Crippen LogP contribution >= 0.6 is 0 Å². The molecule has 0 atom stereocenters. The predicted molar refractivity (Wildman–Crippen MR) is 119 cm³/mol. The SMILES string of the molecule is C=C(C)C(=O)OCCN(CC)c1ccc(N=Nc2cc(C(=O)O)c([N+](=O)[O-])c(C(F)(F)F)c2)cc1. The molecule has 186 valence electrons. The van der Waals surface area contributed by atoms with Gasteiger partial charge in [0.2, 0.25) is 0 Å². The normalized spacial score (nSPS) is 11.3. The summed E-state index contributed by atoms with van der Waals surface area (Å²) in [6.07, 6.45) is -5.18. The van der Waals surface area contributed by atoms with Gasteiger partial charge in [0.05, 0.1) is 22.8 Å². The van der Waals surface area contributed by atoms with Crippen molar-refractivity contribution in [1.82, 2.24) is 0 Å². The third-order valence-electron chi connectivity index (χ3n) is 4.63. The summed E-state index contributed by atoms with van der Waals surface area (Å²) in [6, 6.07) is 7.40. The van der Waals surface area contributed by atoms with Crippen molar-refractivity contribution in [1.29, 1.82) is 0 Å². The van der Waals surface area contributed by atoms with Gasteiger partial charge in [-0.1, -0.05) is 6.58 Å². The molecule has 2 aromatic rings. The van der Waals surface area contributed by atoms with E-state index in [-0.39, 0.29) is 17.9 Å². The molecule has 0 heterocycles. The fraction of sp³-hybridized carbons (Fsp3) is 0.273. The Kier molecular flexibility index (Phi) is 8.65. The molecule has 10 nitrogen and oxygen atoms in total. The number of aromatic carboxylic acids is 1. The molecule has 2 rings (SSSR count).